The molecule has 0 aliphatic rings. The molecule has 0 spiro atoms. The first-order valence-electron chi connectivity index (χ1n) is 7.76. The van der Waals surface area contributed by atoms with Crippen LogP contribution in [0.3, 0.4) is 0 Å². The lowest BCUT2D eigenvalue weighted by Crippen LogP contribution is -2.07. The molecule has 0 atom stereocenters. The number of rotatable bonds is 2. The van der Waals surface area contributed by atoms with Crippen LogP contribution in [0, 0.1) is 3.57 Å². The van der Waals surface area contributed by atoms with Gasteiger partial charge in [0.15, 0.2) is 11.3 Å². The number of fused-ring (bicyclic) bond motifs is 3. The lowest BCUT2D eigenvalue weighted by molar-refractivity contribution is 0.536. The van der Waals surface area contributed by atoms with Crippen molar-refractivity contribution in [1.29, 1.82) is 0 Å². The van der Waals surface area contributed by atoms with Crippen LogP contribution in [0.15, 0.2) is 57.9 Å². The van der Waals surface area contributed by atoms with E-state index in [0.29, 0.717) is 20.3 Å². The van der Waals surface area contributed by atoms with E-state index < -0.39 is 0 Å². The fraction of sp³-hybridized carbons (Fsp3) is 0.158. The molecule has 5 heteroatoms. The third-order valence-corrected chi connectivity index (χ3v) is 5.04. The van der Waals surface area contributed by atoms with Crippen LogP contribution in [0.25, 0.3) is 33.2 Å². The van der Waals surface area contributed by atoms with Crippen LogP contribution in [-0.2, 0) is 0 Å². The molecule has 0 aliphatic heterocycles. The van der Waals surface area contributed by atoms with Crippen LogP contribution in [0.5, 0.6) is 0 Å². The number of benzene rings is 2. The van der Waals surface area contributed by atoms with Gasteiger partial charge < -0.3 is 4.42 Å². The molecule has 120 valence electrons. The summed E-state index contributed by atoms with van der Waals surface area (Å²) in [7, 11) is 0. The molecular formula is C19H15IN2O2. The van der Waals surface area contributed by atoms with Gasteiger partial charge in [-0.25, -0.2) is 0 Å². The van der Waals surface area contributed by atoms with Crippen molar-refractivity contribution >= 4 is 44.5 Å². The van der Waals surface area contributed by atoms with Gasteiger partial charge in [0.25, 0.3) is 0 Å². The summed E-state index contributed by atoms with van der Waals surface area (Å²) in [5, 5.41) is 6.17. The van der Waals surface area contributed by atoms with Gasteiger partial charge in [-0.1, -0.05) is 36.4 Å². The molecule has 2 aromatic carbocycles. The normalized spacial score (nSPS) is 11.7. The molecule has 0 aliphatic carbocycles. The third-order valence-electron chi connectivity index (χ3n) is 4.06. The van der Waals surface area contributed by atoms with Crippen LogP contribution < -0.4 is 5.43 Å². The molecule has 0 fully saturated rings. The zero-order chi connectivity index (χ0) is 16.8. The van der Waals surface area contributed by atoms with Crippen molar-refractivity contribution in [2.75, 3.05) is 0 Å². The summed E-state index contributed by atoms with van der Waals surface area (Å²) in [5.74, 6) is 0.597. The standard InChI is InChI=1S/C19H15IN2O2/c1-11(2)22-10-13-8-9-14-17(23)15(20)18(12-6-4-3-5-7-12)24-19(14)16(13)21-22/h3-11H,1-2H3. The van der Waals surface area contributed by atoms with E-state index >= 15 is 0 Å². The Balaban J connectivity index is 2.11. The van der Waals surface area contributed by atoms with E-state index in [1.54, 1.807) is 0 Å². The van der Waals surface area contributed by atoms with Crippen LogP contribution in [0.1, 0.15) is 19.9 Å². The molecule has 24 heavy (non-hydrogen) atoms. The summed E-state index contributed by atoms with van der Waals surface area (Å²) in [6.45, 7) is 4.14. The Labute approximate surface area is 152 Å². The quantitative estimate of drug-likeness (QED) is 0.421. The van der Waals surface area contributed by atoms with Gasteiger partial charge in [-0.15, -0.1) is 0 Å². The summed E-state index contributed by atoms with van der Waals surface area (Å²) >= 11 is 2.06. The molecule has 0 saturated heterocycles. The number of aromatic nitrogens is 2. The number of hydrogen-bond donors (Lipinski definition) is 0. The van der Waals surface area contributed by atoms with Crippen molar-refractivity contribution in [1.82, 2.24) is 9.78 Å². The average molecular weight is 430 g/mol. The fourth-order valence-electron chi connectivity index (χ4n) is 2.77. The predicted octanol–water partition coefficient (Wildman–Crippen LogP) is 5.00. The minimum Gasteiger partial charge on any atom is -0.452 e. The smallest absolute Gasteiger partial charge is 0.206 e. The van der Waals surface area contributed by atoms with Gasteiger partial charge in [-0.05, 0) is 42.5 Å². The van der Waals surface area contributed by atoms with Gasteiger partial charge in [0.1, 0.15) is 9.09 Å². The van der Waals surface area contributed by atoms with Gasteiger partial charge in [-0.2, -0.15) is 5.10 Å². The van der Waals surface area contributed by atoms with Crippen molar-refractivity contribution < 1.29 is 4.42 Å². The number of hydrogen-bond acceptors (Lipinski definition) is 3. The summed E-state index contributed by atoms with van der Waals surface area (Å²) in [6, 6.07) is 13.7. The van der Waals surface area contributed by atoms with Crippen molar-refractivity contribution in [2.24, 2.45) is 0 Å². The highest BCUT2D eigenvalue weighted by Crippen LogP contribution is 2.30. The lowest BCUT2D eigenvalue weighted by Gasteiger charge is -2.06. The summed E-state index contributed by atoms with van der Waals surface area (Å²) < 4.78 is 8.67. The van der Waals surface area contributed by atoms with Crippen molar-refractivity contribution in [3.63, 3.8) is 0 Å². The van der Waals surface area contributed by atoms with Gasteiger partial charge in [-0.3, -0.25) is 9.48 Å². The van der Waals surface area contributed by atoms with Gasteiger partial charge in [0.05, 0.1) is 5.39 Å². The zero-order valence-electron chi connectivity index (χ0n) is 13.3. The first-order chi connectivity index (χ1) is 11.6. The molecule has 0 saturated carbocycles. The maximum Gasteiger partial charge on any atom is 0.206 e. The van der Waals surface area contributed by atoms with E-state index in [4.69, 9.17) is 4.42 Å². The molecule has 0 amide bonds. The molecule has 4 aromatic rings. The fourth-order valence-corrected chi connectivity index (χ4v) is 3.48. The van der Waals surface area contributed by atoms with E-state index in [2.05, 4.69) is 41.5 Å². The number of halogens is 1. The second-order valence-electron chi connectivity index (χ2n) is 6.02. The topological polar surface area (TPSA) is 48.0 Å². The maximum absolute atomic E-state index is 12.8. The second kappa shape index (κ2) is 5.73. The Bertz CT molecular complexity index is 1110. The highest BCUT2D eigenvalue weighted by Gasteiger charge is 2.17. The molecule has 4 rings (SSSR count). The number of nitrogens with zero attached hydrogens (tertiary/aromatic N) is 2. The maximum atomic E-state index is 12.8. The van der Waals surface area contributed by atoms with E-state index in [1.165, 1.54) is 0 Å². The second-order valence-corrected chi connectivity index (χ2v) is 7.10. The lowest BCUT2D eigenvalue weighted by atomic mass is 10.1. The highest BCUT2D eigenvalue weighted by molar-refractivity contribution is 14.1. The molecule has 2 heterocycles. The van der Waals surface area contributed by atoms with Crippen molar-refractivity contribution in [3.05, 3.63) is 62.5 Å². The van der Waals surface area contributed by atoms with Crippen molar-refractivity contribution in [3.8, 4) is 11.3 Å². The highest BCUT2D eigenvalue weighted by atomic mass is 127. The molecule has 0 unspecified atom stereocenters. The molecule has 0 radical (unpaired) electrons. The van der Waals surface area contributed by atoms with Gasteiger partial charge in [0.2, 0.25) is 5.43 Å². The Morgan fingerprint density at radius 3 is 2.58 bits per heavy atom. The molecule has 0 N–H and O–H groups in total. The van der Waals surface area contributed by atoms with Crippen LogP contribution in [0.4, 0.5) is 0 Å². The Hall–Kier alpha value is -2.15. The molecule has 4 nitrogen and oxygen atoms in total. The SMILES string of the molecule is CC(C)n1cc2ccc3c(=O)c(I)c(-c4ccccc4)oc3c2n1. The van der Waals surface area contributed by atoms with Crippen LogP contribution in [0.2, 0.25) is 0 Å². The zero-order valence-corrected chi connectivity index (χ0v) is 15.4. The minimum atomic E-state index is -0.0169. The Kier molecular flexibility index (Phi) is 3.68. The van der Waals surface area contributed by atoms with Gasteiger partial charge >= 0.3 is 0 Å². The third kappa shape index (κ3) is 2.34. The largest absolute Gasteiger partial charge is 0.452 e. The first-order valence-corrected chi connectivity index (χ1v) is 8.83. The molecule has 2 aromatic heterocycles. The van der Waals surface area contributed by atoms with Crippen LogP contribution >= 0.6 is 22.6 Å². The van der Waals surface area contributed by atoms with Crippen LogP contribution in [-0.4, -0.2) is 9.78 Å². The minimum absolute atomic E-state index is 0.0169. The molecule has 0 bridgehead atoms. The van der Waals surface area contributed by atoms with Gasteiger partial charge in [0, 0.05) is 23.2 Å². The first kappa shape index (κ1) is 15.4. The van der Waals surface area contributed by atoms with E-state index in [9.17, 15) is 4.79 Å². The van der Waals surface area contributed by atoms with E-state index in [-0.39, 0.29) is 11.5 Å². The van der Waals surface area contributed by atoms with E-state index in [0.717, 1.165) is 16.5 Å². The molecular weight excluding hydrogens is 415 g/mol. The summed E-state index contributed by atoms with van der Waals surface area (Å²) in [6.07, 6.45) is 1.99. The monoisotopic (exact) mass is 430 g/mol. The summed E-state index contributed by atoms with van der Waals surface area (Å²) in [5.41, 5.74) is 2.15. The average Bonchev–Trinajstić information content (AvgIpc) is 3.03. The van der Waals surface area contributed by atoms with E-state index in [1.807, 2.05) is 53.3 Å². The van der Waals surface area contributed by atoms with Crippen molar-refractivity contribution in [2.45, 2.75) is 19.9 Å². The summed E-state index contributed by atoms with van der Waals surface area (Å²) in [4.78, 5) is 12.8. The Morgan fingerprint density at radius 1 is 1.12 bits per heavy atom. The Morgan fingerprint density at radius 2 is 1.88 bits per heavy atom. The predicted molar refractivity (Wildman–Crippen MR) is 104 cm³/mol.